The highest BCUT2D eigenvalue weighted by Gasteiger charge is 2.18. The number of pyridine rings is 1. The van der Waals surface area contributed by atoms with Crippen molar-refractivity contribution in [2.75, 3.05) is 6.54 Å². The summed E-state index contributed by atoms with van der Waals surface area (Å²) in [5, 5.41) is 3.30. The largest absolute Gasteiger partial charge is 0.457 e. The zero-order chi connectivity index (χ0) is 23.9. The molecular weight excluding hydrogens is 439 g/mol. The van der Waals surface area contributed by atoms with Crippen LogP contribution in [0.1, 0.15) is 33.3 Å². The van der Waals surface area contributed by atoms with Gasteiger partial charge in [0.2, 0.25) is 0 Å². The van der Waals surface area contributed by atoms with Crippen molar-refractivity contribution in [3.63, 3.8) is 0 Å². The van der Waals surface area contributed by atoms with E-state index in [2.05, 4.69) is 5.32 Å². The Labute approximate surface area is 195 Å². The van der Waals surface area contributed by atoms with Crippen LogP contribution in [0.25, 0.3) is 21.2 Å². The van der Waals surface area contributed by atoms with Gasteiger partial charge in [0.05, 0.1) is 10.3 Å². The van der Waals surface area contributed by atoms with E-state index < -0.39 is 0 Å². The van der Waals surface area contributed by atoms with Gasteiger partial charge >= 0.3 is 0 Å². The number of rotatable bonds is 5. The topological polar surface area (TPSA) is 60.3 Å². The zero-order valence-electron chi connectivity index (χ0n) is 19.2. The summed E-state index contributed by atoms with van der Waals surface area (Å²) in [5.41, 5.74) is 3.96. The van der Waals surface area contributed by atoms with Gasteiger partial charge in [-0.1, -0.05) is 6.07 Å². The lowest BCUT2D eigenvalue weighted by Gasteiger charge is -2.14. The number of nitrogens with zero attached hydrogens (tertiary/aromatic N) is 1. The molecule has 0 aliphatic carbocycles. The molecule has 2 aromatic carbocycles. The zero-order valence-corrected chi connectivity index (χ0v) is 20.0. The van der Waals surface area contributed by atoms with E-state index in [1.54, 1.807) is 19.3 Å². The van der Waals surface area contributed by atoms with Crippen LogP contribution in [0.3, 0.4) is 0 Å². The van der Waals surface area contributed by atoms with Crippen molar-refractivity contribution < 1.29 is 13.9 Å². The summed E-state index contributed by atoms with van der Waals surface area (Å²) in [5.74, 6) is 0.747. The number of fused-ring (bicyclic) bond motifs is 1. The highest BCUT2D eigenvalue weighted by Crippen LogP contribution is 2.37. The molecule has 0 radical (unpaired) electrons. The third-order valence-corrected chi connectivity index (χ3v) is 6.59. The molecule has 33 heavy (non-hydrogen) atoms. The lowest BCUT2D eigenvalue weighted by molar-refractivity contribution is 0.0960. The Balaban J connectivity index is 1.85. The lowest BCUT2D eigenvalue weighted by Crippen LogP contribution is -2.21. The molecule has 170 valence electrons. The van der Waals surface area contributed by atoms with E-state index in [0.717, 1.165) is 21.4 Å². The standard InChI is InChI=1S/C26H25FN2O3S/c1-6-28-25(30)22-12-20-24(33-22)21(13-29(5)26(20)31)17-7-14(2)8-19(11-17)32-23-15(3)9-18(27)10-16(23)4/h7-13H,6H2,1-5H3,(H,28,30). The second-order valence-electron chi connectivity index (χ2n) is 8.18. The first-order valence-corrected chi connectivity index (χ1v) is 11.5. The number of carbonyl (C=O) groups is 1. The highest BCUT2D eigenvalue weighted by molar-refractivity contribution is 7.21. The van der Waals surface area contributed by atoms with E-state index in [1.165, 1.54) is 28.0 Å². The monoisotopic (exact) mass is 464 g/mol. The first-order chi connectivity index (χ1) is 15.7. The van der Waals surface area contributed by atoms with Gasteiger partial charge in [0.1, 0.15) is 17.3 Å². The minimum atomic E-state index is -0.296. The molecule has 0 aliphatic rings. The normalized spacial score (nSPS) is 11.1. The second-order valence-corrected chi connectivity index (χ2v) is 9.23. The Morgan fingerprint density at radius 3 is 2.45 bits per heavy atom. The molecule has 1 amide bonds. The molecule has 2 aromatic heterocycles. The summed E-state index contributed by atoms with van der Waals surface area (Å²) in [6.45, 7) is 7.96. The van der Waals surface area contributed by atoms with Crippen LogP contribution in [-0.4, -0.2) is 17.0 Å². The van der Waals surface area contributed by atoms with Gasteiger partial charge < -0.3 is 14.6 Å². The molecule has 0 bridgehead atoms. The Kier molecular flexibility index (Phi) is 6.08. The Hall–Kier alpha value is -3.45. The number of hydrogen-bond donors (Lipinski definition) is 1. The third-order valence-electron chi connectivity index (χ3n) is 5.42. The minimum absolute atomic E-state index is 0.151. The van der Waals surface area contributed by atoms with Crippen LogP contribution in [0, 0.1) is 26.6 Å². The summed E-state index contributed by atoms with van der Waals surface area (Å²) in [4.78, 5) is 25.7. The van der Waals surface area contributed by atoms with Crippen molar-refractivity contribution >= 4 is 27.3 Å². The number of benzene rings is 2. The van der Waals surface area contributed by atoms with Gasteiger partial charge in [-0.3, -0.25) is 9.59 Å². The Morgan fingerprint density at radius 2 is 1.79 bits per heavy atom. The van der Waals surface area contributed by atoms with Gasteiger partial charge in [-0.2, -0.15) is 0 Å². The molecule has 7 heteroatoms. The van der Waals surface area contributed by atoms with Gasteiger partial charge in [0.15, 0.2) is 0 Å². The van der Waals surface area contributed by atoms with Crippen molar-refractivity contribution in [1.82, 2.24) is 9.88 Å². The van der Waals surface area contributed by atoms with E-state index in [9.17, 15) is 14.0 Å². The predicted octanol–water partition coefficient (Wildman–Crippen LogP) is 5.87. The second kappa shape index (κ2) is 8.83. The number of nitrogens with one attached hydrogen (secondary N) is 1. The number of thiophene rings is 1. The van der Waals surface area contributed by atoms with Crippen LogP contribution < -0.4 is 15.6 Å². The maximum absolute atomic E-state index is 13.7. The fraction of sp³-hybridized carbons (Fsp3) is 0.231. The molecule has 0 atom stereocenters. The summed E-state index contributed by atoms with van der Waals surface area (Å²) >= 11 is 1.30. The number of carbonyl (C=O) groups excluding carboxylic acids is 1. The molecule has 0 unspecified atom stereocenters. The number of amides is 1. The first-order valence-electron chi connectivity index (χ1n) is 10.7. The molecule has 5 nitrogen and oxygen atoms in total. The highest BCUT2D eigenvalue weighted by atomic mass is 32.1. The van der Waals surface area contributed by atoms with Crippen molar-refractivity contribution in [3.8, 4) is 22.6 Å². The van der Waals surface area contributed by atoms with E-state index in [1.807, 2.05) is 45.9 Å². The van der Waals surface area contributed by atoms with Gasteiger partial charge in [0.25, 0.3) is 11.5 Å². The molecule has 4 rings (SSSR count). The molecule has 0 saturated carbocycles. The van der Waals surface area contributed by atoms with E-state index in [4.69, 9.17) is 4.74 Å². The summed E-state index contributed by atoms with van der Waals surface area (Å²) < 4.78 is 22.2. The molecule has 4 aromatic rings. The third kappa shape index (κ3) is 4.41. The molecule has 0 aliphatic heterocycles. The van der Waals surface area contributed by atoms with Gasteiger partial charge in [-0.05, 0) is 80.3 Å². The van der Waals surface area contributed by atoms with Crippen molar-refractivity contribution in [2.24, 2.45) is 7.05 Å². The molecular formula is C26H25FN2O3S. The minimum Gasteiger partial charge on any atom is -0.457 e. The Morgan fingerprint density at radius 1 is 1.09 bits per heavy atom. The number of ether oxygens (including phenoxy) is 1. The van der Waals surface area contributed by atoms with E-state index in [-0.39, 0.29) is 17.3 Å². The van der Waals surface area contributed by atoms with Gasteiger partial charge in [-0.25, -0.2) is 4.39 Å². The van der Waals surface area contributed by atoms with Crippen molar-refractivity contribution in [1.29, 1.82) is 0 Å². The number of aromatic nitrogens is 1. The van der Waals surface area contributed by atoms with Crippen molar-refractivity contribution in [2.45, 2.75) is 27.7 Å². The fourth-order valence-corrected chi connectivity index (χ4v) is 5.05. The van der Waals surface area contributed by atoms with E-state index >= 15 is 0 Å². The molecule has 0 saturated heterocycles. The molecule has 1 N–H and O–H groups in total. The molecule has 2 heterocycles. The average Bonchev–Trinajstić information content (AvgIpc) is 3.19. The van der Waals surface area contributed by atoms with Crippen molar-refractivity contribution in [3.05, 3.63) is 80.3 Å². The summed E-state index contributed by atoms with van der Waals surface area (Å²) in [6.07, 6.45) is 1.79. The maximum atomic E-state index is 13.7. The maximum Gasteiger partial charge on any atom is 0.261 e. The quantitative estimate of drug-likeness (QED) is 0.402. The van der Waals surface area contributed by atoms with Crippen LogP contribution in [0.4, 0.5) is 4.39 Å². The SMILES string of the molecule is CCNC(=O)c1cc2c(=O)n(C)cc(-c3cc(C)cc(Oc4c(C)cc(F)cc4C)c3)c2s1. The first kappa shape index (κ1) is 22.7. The smallest absolute Gasteiger partial charge is 0.261 e. The van der Waals surface area contributed by atoms with Crippen LogP contribution in [0.5, 0.6) is 11.5 Å². The number of aryl methyl sites for hydroxylation is 4. The van der Waals surface area contributed by atoms with Crippen LogP contribution in [-0.2, 0) is 7.05 Å². The molecule has 0 spiro atoms. The lowest BCUT2D eigenvalue weighted by atomic mass is 10.0. The predicted molar refractivity (Wildman–Crippen MR) is 131 cm³/mol. The summed E-state index contributed by atoms with van der Waals surface area (Å²) in [7, 11) is 1.70. The molecule has 0 fully saturated rings. The number of hydrogen-bond acceptors (Lipinski definition) is 4. The fourth-order valence-electron chi connectivity index (χ4n) is 3.95. The Bertz CT molecular complexity index is 1430. The average molecular weight is 465 g/mol. The van der Waals surface area contributed by atoms with Crippen LogP contribution in [0.2, 0.25) is 0 Å². The summed E-state index contributed by atoms with van der Waals surface area (Å²) in [6, 6.07) is 10.4. The van der Waals surface area contributed by atoms with E-state index in [0.29, 0.717) is 39.4 Å². The van der Waals surface area contributed by atoms with Gasteiger partial charge in [-0.15, -0.1) is 11.3 Å². The van der Waals surface area contributed by atoms with Gasteiger partial charge in [0, 0.05) is 30.1 Å². The van der Waals surface area contributed by atoms with Crippen LogP contribution in [0.15, 0.2) is 47.4 Å². The van der Waals surface area contributed by atoms with Crippen LogP contribution >= 0.6 is 11.3 Å². The number of halogens is 1.